The summed E-state index contributed by atoms with van der Waals surface area (Å²) in [6.45, 7) is 1.80. The molecular weight excluding hydrogens is 386 g/mol. The summed E-state index contributed by atoms with van der Waals surface area (Å²) in [5, 5.41) is 26.1. The minimum Gasteiger partial charge on any atom is -0.494 e. The summed E-state index contributed by atoms with van der Waals surface area (Å²) in [5.41, 5.74) is 8.40. The number of hydrogen-bond acceptors (Lipinski definition) is 7. The van der Waals surface area contributed by atoms with Gasteiger partial charge in [0.1, 0.15) is 17.1 Å². The first-order valence-electron chi connectivity index (χ1n) is 9.71. The van der Waals surface area contributed by atoms with E-state index in [-0.39, 0.29) is 34.9 Å². The molecule has 0 radical (unpaired) electrons. The van der Waals surface area contributed by atoms with Gasteiger partial charge in [0, 0.05) is 23.0 Å². The molecule has 3 aromatic heterocycles. The Morgan fingerprint density at radius 3 is 2.60 bits per heavy atom. The first kappa shape index (κ1) is 18.4. The third-order valence-corrected chi connectivity index (χ3v) is 5.91. The van der Waals surface area contributed by atoms with E-state index in [1.807, 2.05) is 0 Å². The highest BCUT2D eigenvalue weighted by atomic mass is 16.3. The van der Waals surface area contributed by atoms with Gasteiger partial charge in [-0.15, -0.1) is 0 Å². The fourth-order valence-electron chi connectivity index (χ4n) is 4.29. The van der Waals surface area contributed by atoms with Crippen LogP contribution in [0.3, 0.4) is 0 Å². The topological polar surface area (TPSA) is 146 Å². The van der Waals surface area contributed by atoms with Crippen LogP contribution in [-0.2, 0) is 0 Å². The van der Waals surface area contributed by atoms with E-state index in [9.17, 15) is 15.0 Å². The minimum atomic E-state index is -0.410. The number of piperidine rings is 1. The number of H-pyrrole nitrogens is 2. The van der Waals surface area contributed by atoms with Gasteiger partial charge in [-0.25, -0.2) is 10.5 Å². The molecule has 0 saturated carbocycles. The van der Waals surface area contributed by atoms with Crippen LogP contribution in [0.1, 0.15) is 18.9 Å². The van der Waals surface area contributed by atoms with Crippen LogP contribution in [0.2, 0.25) is 0 Å². The van der Waals surface area contributed by atoms with Gasteiger partial charge in [-0.05, 0) is 51.2 Å². The van der Waals surface area contributed by atoms with Crippen molar-refractivity contribution in [3.05, 3.63) is 34.7 Å². The summed E-state index contributed by atoms with van der Waals surface area (Å²) in [6, 6.07) is 4.96. The molecule has 0 amide bonds. The Labute approximate surface area is 170 Å². The number of hydrogen-bond donors (Lipinski definition) is 5. The summed E-state index contributed by atoms with van der Waals surface area (Å²) in [5.74, 6) is 0.310. The van der Waals surface area contributed by atoms with Crippen LogP contribution in [0.5, 0.6) is 11.8 Å². The van der Waals surface area contributed by atoms with E-state index in [0.717, 1.165) is 25.9 Å². The second-order valence-corrected chi connectivity index (χ2v) is 7.73. The molecule has 5 rings (SSSR count). The molecule has 10 heteroatoms. The summed E-state index contributed by atoms with van der Waals surface area (Å²) in [4.78, 5) is 24.6. The monoisotopic (exact) mass is 407 g/mol. The maximum absolute atomic E-state index is 12.3. The molecule has 1 saturated heterocycles. The molecule has 0 bridgehead atoms. The van der Waals surface area contributed by atoms with Crippen molar-refractivity contribution in [2.75, 3.05) is 20.1 Å². The van der Waals surface area contributed by atoms with Gasteiger partial charge in [0.2, 0.25) is 11.8 Å². The number of aromatic hydroxyl groups is 2. The van der Waals surface area contributed by atoms with E-state index >= 15 is 0 Å². The van der Waals surface area contributed by atoms with Gasteiger partial charge >= 0.3 is 0 Å². The van der Waals surface area contributed by atoms with E-state index in [4.69, 9.17) is 5.53 Å². The molecule has 1 aromatic carbocycles. The molecule has 5 N–H and O–H groups in total. The summed E-state index contributed by atoms with van der Waals surface area (Å²) in [7, 11) is 2.06. The molecule has 10 nitrogen and oxygen atoms in total. The number of aromatic amines is 2. The van der Waals surface area contributed by atoms with Gasteiger partial charge < -0.3 is 25.1 Å². The van der Waals surface area contributed by atoms with Crippen molar-refractivity contribution >= 4 is 27.5 Å². The highest BCUT2D eigenvalue weighted by Gasteiger charge is 2.26. The summed E-state index contributed by atoms with van der Waals surface area (Å²) >= 11 is 0. The number of nitrogens with one attached hydrogen (secondary N) is 3. The van der Waals surface area contributed by atoms with Crippen LogP contribution in [-0.4, -0.2) is 54.8 Å². The van der Waals surface area contributed by atoms with Crippen molar-refractivity contribution in [2.24, 2.45) is 5.11 Å². The van der Waals surface area contributed by atoms with E-state index in [1.165, 1.54) is 12.3 Å². The molecular formula is C20H21N7O3. The lowest BCUT2D eigenvalue weighted by Gasteiger charge is -2.30. The van der Waals surface area contributed by atoms with Gasteiger partial charge in [0.25, 0.3) is 5.56 Å². The van der Waals surface area contributed by atoms with E-state index in [1.54, 1.807) is 16.7 Å². The van der Waals surface area contributed by atoms with Gasteiger partial charge in [-0.1, -0.05) is 0 Å². The second kappa shape index (κ2) is 6.70. The molecule has 0 aliphatic carbocycles. The number of nitrogens with zero attached hydrogens (tertiary/aromatic N) is 4. The number of benzene rings is 1. The molecule has 30 heavy (non-hydrogen) atoms. The predicted molar refractivity (Wildman–Crippen MR) is 112 cm³/mol. The number of fused-ring (bicyclic) bond motifs is 2. The van der Waals surface area contributed by atoms with Crippen molar-refractivity contribution in [3.8, 4) is 23.1 Å². The Hall–Kier alpha value is -3.66. The quantitative estimate of drug-likeness (QED) is 0.331. The van der Waals surface area contributed by atoms with Crippen molar-refractivity contribution in [3.63, 3.8) is 0 Å². The second-order valence-electron chi connectivity index (χ2n) is 7.73. The maximum atomic E-state index is 12.3. The first-order chi connectivity index (χ1) is 14.5. The number of likely N-dealkylation sites (tertiary alicyclic amines) is 1. The molecule has 4 aromatic rings. The average Bonchev–Trinajstić information content (AvgIpc) is 3.25. The largest absolute Gasteiger partial charge is 0.494 e. The zero-order chi connectivity index (χ0) is 21.0. The fraction of sp³-hybridized carbons (Fsp3) is 0.300. The average molecular weight is 407 g/mol. The third-order valence-electron chi connectivity index (χ3n) is 5.91. The van der Waals surface area contributed by atoms with Gasteiger partial charge in [0.15, 0.2) is 0 Å². The summed E-state index contributed by atoms with van der Waals surface area (Å²) < 4.78 is 1.61. The third kappa shape index (κ3) is 2.68. The van der Waals surface area contributed by atoms with Crippen molar-refractivity contribution in [2.45, 2.75) is 18.9 Å². The normalized spacial score (nSPS) is 15.9. The number of rotatable bonds is 3. The fourth-order valence-corrected chi connectivity index (χ4v) is 4.29. The van der Waals surface area contributed by atoms with E-state index in [2.05, 4.69) is 32.0 Å². The van der Waals surface area contributed by atoms with Crippen LogP contribution in [0.15, 0.2) is 34.3 Å². The Balaban J connectivity index is 1.66. The van der Waals surface area contributed by atoms with Gasteiger partial charge in [-0.2, -0.15) is 5.11 Å². The molecule has 4 heterocycles. The lowest BCUT2D eigenvalue weighted by Crippen LogP contribution is -2.31. The first-order valence-corrected chi connectivity index (χ1v) is 9.71. The molecule has 0 spiro atoms. The zero-order valence-corrected chi connectivity index (χ0v) is 16.3. The van der Waals surface area contributed by atoms with E-state index in [0.29, 0.717) is 21.8 Å². The van der Waals surface area contributed by atoms with E-state index < -0.39 is 5.56 Å². The zero-order valence-electron chi connectivity index (χ0n) is 16.3. The lowest BCUT2D eigenvalue weighted by atomic mass is 10.1. The smallest absolute Gasteiger partial charge is 0.261 e. The lowest BCUT2D eigenvalue weighted by molar-refractivity contribution is 0.203. The summed E-state index contributed by atoms with van der Waals surface area (Å²) in [6.07, 6.45) is 3.11. The Morgan fingerprint density at radius 2 is 1.90 bits per heavy atom. The van der Waals surface area contributed by atoms with Crippen molar-refractivity contribution in [1.29, 1.82) is 5.53 Å². The van der Waals surface area contributed by atoms with Crippen molar-refractivity contribution < 1.29 is 10.2 Å². The molecule has 1 fully saturated rings. The van der Waals surface area contributed by atoms with Gasteiger partial charge in [-0.3, -0.25) is 9.36 Å². The standard InChI is InChI=1S/C20H21N7O3/c1-26-6-3-10(4-7-26)27-19(29)11-8-14-15(9-12(11)20(27)30)24-17(23-14)16-13(25-21)2-5-22-18(16)28/h2,5,8-10,21,29-30H,3-4,6-7H2,1H3,(H,22,28)(H,23,24). The van der Waals surface area contributed by atoms with Crippen LogP contribution in [0, 0.1) is 5.53 Å². The number of imidazole rings is 1. The Morgan fingerprint density at radius 1 is 1.20 bits per heavy atom. The van der Waals surface area contributed by atoms with Crippen LogP contribution in [0.4, 0.5) is 5.69 Å². The number of aromatic nitrogens is 4. The molecule has 0 unspecified atom stereocenters. The number of pyridine rings is 1. The highest BCUT2D eigenvalue weighted by molar-refractivity contribution is 6.02. The predicted octanol–water partition coefficient (Wildman–Crippen LogP) is 3.21. The molecule has 0 atom stereocenters. The van der Waals surface area contributed by atoms with Crippen LogP contribution >= 0.6 is 0 Å². The molecule has 154 valence electrons. The maximum Gasteiger partial charge on any atom is 0.261 e. The molecule has 1 aliphatic rings. The Bertz CT molecular complexity index is 1290. The van der Waals surface area contributed by atoms with Crippen molar-refractivity contribution in [1.82, 2.24) is 24.4 Å². The SMILES string of the molecule is CN1CCC(n2c(O)c3cc4nc(-c5c(N=N)cc[nH]c5=O)[nH]c4cc3c2O)CC1. The minimum absolute atomic E-state index is 0.0166. The van der Waals surface area contributed by atoms with Crippen LogP contribution in [0.25, 0.3) is 33.2 Å². The highest BCUT2D eigenvalue weighted by Crippen LogP contribution is 2.43. The Kier molecular flexibility index (Phi) is 4.10. The van der Waals surface area contributed by atoms with Crippen LogP contribution < -0.4 is 5.56 Å². The molecule has 1 aliphatic heterocycles. The van der Waals surface area contributed by atoms with Gasteiger partial charge in [0.05, 0.1) is 11.0 Å².